The van der Waals surface area contributed by atoms with Crippen molar-refractivity contribution in [1.82, 2.24) is 9.97 Å². The zero-order valence-electron chi connectivity index (χ0n) is 13.9. The molecule has 0 radical (unpaired) electrons. The van der Waals surface area contributed by atoms with Gasteiger partial charge in [0.05, 0.1) is 0 Å². The Labute approximate surface area is 145 Å². The van der Waals surface area contributed by atoms with E-state index < -0.39 is 0 Å². The number of amides is 1. The van der Waals surface area contributed by atoms with E-state index in [1.165, 1.54) is 12.1 Å². The van der Waals surface area contributed by atoms with Gasteiger partial charge in [-0.25, -0.2) is 14.4 Å². The zero-order valence-corrected chi connectivity index (χ0v) is 13.9. The van der Waals surface area contributed by atoms with E-state index in [0.717, 1.165) is 11.3 Å². The minimum absolute atomic E-state index is 0.250. The monoisotopic (exact) mass is 336 g/mol. The molecule has 0 saturated heterocycles. The number of nitrogens with zero attached hydrogens (tertiary/aromatic N) is 2. The Hall–Kier alpha value is -3.28. The van der Waals surface area contributed by atoms with Crippen molar-refractivity contribution in [3.8, 4) is 0 Å². The molecule has 0 spiro atoms. The minimum Gasteiger partial charge on any atom is -0.340 e. The second-order valence-corrected chi connectivity index (χ2v) is 5.59. The molecule has 0 unspecified atom stereocenters. The van der Waals surface area contributed by atoms with Gasteiger partial charge in [0, 0.05) is 17.4 Å². The number of rotatable bonds is 4. The third-order valence-corrected chi connectivity index (χ3v) is 3.58. The van der Waals surface area contributed by atoms with E-state index in [1.807, 2.05) is 31.2 Å². The van der Waals surface area contributed by atoms with Crippen LogP contribution in [-0.4, -0.2) is 15.9 Å². The van der Waals surface area contributed by atoms with E-state index in [-0.39, 0.29) is 17.4 Å². The lowest BCUT2D eigenvalue weighted by molar-refractivity contribution is 0.102. The lowest BCUT2D eigenvalue weighted by atomic mass is 10.2. The van der Waals surface area contributed by atoms with Crippen LogP contribution < -0.4 is 10.6 Å². The number of aryl methyl sites for hydroxylation is 2. The average Bonchev–Trinajstić information content (AvgIpc) is 2.58. The number of aromatic nitrogens is 2. The third kappa shape index (κ3) is 4.17. The number of benzene rings is 2. The summed E-state index contributed by atoms with van der Waals surface area (Å²) in [5.41, 5.74) is 2.62. The lowest BCUT2D eigenvalue weighted by Crippen LogP contribution is -2.16. The lowest BCUT2D eigenvalue weighted by Gasteiger charge is -2.10. The number of para-hydroxylation sites is 1. The van der Waals surface area contributed by atoms with Gasteiger partial charge in [-0.2, -0.15) is 0 Å². The highest BCUT2D eigenvalue weighted by molar-refractivity contribution is 6.03. The van der Waals surface area contributed by atoms with E-state index in [9.17, 15) is 9.18 Å². The summed E-state index contributed by atoms with van der Waals surface area (Å²) in [5.74, 6) is 0.292. The molecule has 25 heavy (non-hydrogen) atoms. The molecule has 2 N–H and O–H groups in total. The van der Waals surface area contributed by atoms with Crippen LogP contribution in [0.1, 0.15) is 21.9 Å². The summed E-state index contributed by atoms with van der Waals surface area (Å²) in [7, 11) is 0. The normalized spacial score (nSPS) is 10.4. The Balaban J connectivity index is 1.82. The van der Waals surface area contributed by atoms with Crippen LogP contribution in [0.4, 0.5) is 21.6 Å². The van der Waals surface area contributed by atoms with Crippen LogP contribution in [-0.2, 0) is 0 Å². The molecule has 3 aromatic rings. The maximum atomic E-state index is 13.0. The molecule has 3 rings (SSSR count). The molecule has 0 aliphatic heterocycles. The fourth-order valence-corrected chi connectivity index (χ4v) is 2.33. The van der Waals surface area contributed by atoms with Gasteiger partial charge in [-0.3, -0.25) is 4.79 Å². The molecule has 2 aromatic carbocycles. The molecule has 1 aromatic heterocycles. The van der Waals surface area contributed by atoms with Crippen molar-refractivity contribution in [3.63, 3.8) is 0 Å². The molecule has 0 saturated carbocycles. The first kappa shape index (κ1) is 16.6. The number of nitrogens with one attached hydrogen (secondary N) is 2. The van der Waals surface area contributed by atoms with Gasteiger partial charge < -0.3 is 10.6 Å². The highest BCUT2D eigenvalue weighted by atomic mass is 19.1. The van der Waals surface area contributed by atoms with Crippen LogP contribution in [0.5, 0.6) is 0 Å². The molecule has 0 aliphatic carbocycles. The summed E-state index contributed by atoms with van der Waals surface area (Å²) in [6.45, 7) is 3.63. The largest absolute Gasteiger partial charge is 0.340 e. The topological polar surface area (TPSA) is 66.9 Å². The Kier molecular flexibility index (Phi) is 4.70. The van der Waals surface area contributed by atoms with Crippen molar-refractivity contribution < 1.29 is 9.18 Å². The van der Waals surface area contributed by atoms with Gasteiger partial charge in [-0.1, -0.05) is 18.2 Å². The SMILES string of the molecule is Cc1nc(Nc2ccc(F)cc2)cc(C(=O)Nc2ccccc2C)n1. The van der Waals surface area contributed by atoms with Gasteiger partial charge in [-0.15, -0.1) is 0 Å². The maximum absolute atomic E-state index is 13.0. The van der Waals surface area contributed by atoms with Gasteiger partial charge in [0.25, 0.3) is 5.91 Å². The molecule has 0 bridgehead atoms. The van der Waals surface area contributed by atoms with E-state index in [2.05, 4.69) is 20.6 Å². The second kappa shape index (κ2) is 7.09. The number of anilines is 3. The standard InChI is InChI=1S/C19H17FN4O/c1-12-5-3-4-6-16(12)24-19(25)17-11-18(22-13(2)21-17)23-15-9-7-14(20)8-10-15/h3-11H,1-2H3,(H,24,25)(H,21,22,23). The first-order valence-electron chi connectivity index (χ1n) is 7.76. The summed E-state index contributed by atoms with van der Waals surface area (Å²) in [6.07, 6.45) is 0. The number of hydrogen-bond acceptors (Lipinski definition) is 4. The first-order chi connectivity index (χ1) is 12.0. The Morgan fingerprint density at radius 1 is 1.00 bits per heavy atom. The predicted octanol–water partition coefficient (Wildman–Crippen LogP) is 4.23. The highest BCUT2D eigenvalue weighted by Gasteiger charge is 2.12. The molecule has 0 fully saturated rings. The zero-order chi connectivity index (χ0) is 17.8. The number of halogens is 1. The average molecular weight is 336 g/mol. The van der Waals surface area contributed by atoms with E-state index in [0.29, 0.717) is 17.3 Å². The first-order valence-corrected chi connectivity index (χ1v) is 7.76. The molecule has 1 heterocycles. The Bertz CT molecular complexity index is 910. The van der Waals surface area contributed by atoms with Gasteiger partial charge in [0.1, 0.15) is 23.2 Å². The molecule has 0 aliphatic rings. The summed E-state index contributed by atoms with van der Waals surface area (Å²) >= 11 is 0. The molecule has 6 heteroatoms. The quantitative estimate of drug-likeness (QED) is 0.748. The summed E-state index contributed by atoms with van der Waals surface area (Å²) in [5, 5.41) is 5.89. The predicted molar refractivity (Wildman–Crippen MR) is 95.6 cm³/mol. The fourth-order valence-electron chi connectivity index (χ4n) is 2.33. The molecule has 5 nitrogen and oxygen atoms in total. The van der Waals surface area contributed by atoms with Gasteiger partial charge in [-0.05, 0) is 49.7 Å². The van der Waals surface area contributed by atoms with E-state index in [4.69, 9.17) is 0 Å². The molecular formula is C19H17FN4O. The van der Waals surface area contributed by atoms with Crippen LogP contribution in [0.25, 0.3) is 0 Å². The van der Waals surface area contributed by atoms with Gasteiger partial charge in [0.2, 0.25) is 0 Å². The molecular weight excluding hydrogens is 319 g/mol. The van der Waals surface area contributed by atoms with Gasteiger partial charge >= 0.3 is 0 Å². The van der Waals surface area contributed by atoms with Crippen LogP contribution >= 0.6 is 0 Å². The minimum atomic E-state index is -0.318. The highest BCUT2D eigenvalue weighted by Crippen LogP contribution is 2.18. The van der Waals surface area contributed by atoms with E-state index in [1.54, 1.807) is 25.1 Å². The smallest absolute Gasteiger partial charge is 0.274 e. The Morgan fingerprint density at radius 3 is 2.44 bits per heavy atom. The maximum Gasteiger partial charge on any atom is 0.274 e. The molecule has 126 valence electrons. The van der Waals surface area contributed by atoms with Crippen LogP contribution in [0.2, 0.25) is 0 Å². The fraction of sp³-hybridized carbons (Fsp3) is 0.105. The number of carbonyl (C=O) groups excluding carboxylic acids is 1. The van der Waals surface area contributed by atoms with Crippen molar-refractivity contribution in [2.75, 3.05) is 10.6 Å². The van der Waals surface area contributed by atoms with Crippen molar-refractivity contribution >= 4 is 23.1 Å². The van der Waals surface area contributed by atoms with Crippen molar-refractivity contribution in [3.05, 3.63) is 77.5 Å². The van der Waals surface area contributed by atoms with Crippen LogP contribution in [0, 0.1) is 19.7 Å². The van der Waals surface area contributed by atoms with Crippen LogP contribution in [0.15, 0.2) is 54.6 Å². The summed E-state index contributed by atoms with van der Waals surface area (Å²) in [4.78, 5) is 20.9. The van der Waals surface area contributed by atoms with E-state index >= 15 is 0 Å². The molecule has 1 amide bonds. The third-order valence-electron chi connectivity index (χ3n) is 3.58. The van der Waals surface area contributed by atoms with Crippen molar-refractivity contribution in [2.24, 2.45) is 0 Å². The summed E-state index contributed by atoms with van der Waals surface area (Å²) in [6, 6.07) is 15.0. The van der Waals surface area contributed by atoms with Gasteiger partial charge in [0.15, 0.2) is 0 Å². The van der Waals surface area contributed by atoms with Crippen molar-refractivity contribution in [1.29, 1.82) is 0 Å². The number of carbonyl (C=O) groups is 1. The van der Waals surface area contributed by atoms with Crippen molar-refractivity contribution in [2.45, 2.75) is 13.8 Å². The number of hydrogen-bond donors (Lipinski definition) is 2. The van der Waals surface area contributed by atoms with Crippen LogP contribution in [0.3, 0.4) is 0 Å². The molecule has 0 atom stereocenters. The second-order valence-electron chi connectivity index (χ2n) is 5.59. The Morgan fingerprint density at radius 2 is 1.72 bits per heavy atom. The summed E-state index contributed by atoms with van der Waals surface area (Å²) < 4.78 is 13.0.